The number of rotatable bonds is 5. The molecule has 0 radical (unpaired) electrons. The fourth-order valence-corrected chi connectivity index (χ4v) is 4.25. The van der Waals surface area contributed by atoms with E-state index in [9.17, 15) is 4.79 Å². The van der Waals surface area contributed by atoms with Crippen molar-refractivity contribution in [3.05, 3.63) is 59.7 Å². The molecule has 2 aliphatic heterocycles. The van der Waals surface area contributed by atoms with Crippen LogP contribution >= 0.6 is 0 Å². The number of ether oxygens (including phenoxy) is 2. The Hall–Kier alpha value is -2.53. The molecule has 1 amide bonds. The Morgan fingerprint density at radius 1 is 1.11 bits per heavy atom. The summed E-state index contributed by atoms with van der Waals surface area (Å²) in [5.41, 5.74) is 2.37. The van der Waals surface area contributed by atoms with E-state index in [0.717, 1.165) is 42.9 Å². The van der Waals surface area contributed by atoms with Crippen LogP contribution in [-0.4, -0.2) is 32.2 Å². The van der Waals surface area contributed by atoms with Crippen LogP contribution < -0.4 is 19.7 Å². The average molecular weight is 381 g/mol. The van der Waals surface area contributed by atoms with E-state index in [4.69, 9.17) is 9.47 Å². The molecule has 2 heterocycles. The van der Waals surface area contributed by atoms with Crippen molar-refractivity contribution in [3.63, 3.8) is 0 Å². The SMILES string of the molecule is C[C@H](NC(=O)C[NH+]1CCC[C@@H]1c1ccc2c(c1)OCCCO2)c1ccccc1. The Labute approximate surface area is 166 Å². The van der Waals surface area contributed by atoms with Crippen molar-refractivity contribution in [1.29, 1.82) is 0 Å². The topological polar surface area (TPSA) is 52.0 Å². The van der Waals surface area contributed by atoms with E-state index in [0.29, 0.717) is 25.8 Å². The summed E-state index contributed by atoms with van der Waals surface area (Å²) in [7, 11) is 0. The smallest absolute Gasteiger partial charge is 0.275 e. The van der Waals surface area contributed by atoms with Crippen LogP contribution in [0.15, 0.2) is 48.5 Å². The maximum atomic E-state index is 12.7. The summed E-state index contributed by atoms with van der Waals surface area (Å²) in [6.07, 6.45) is 3.14. The molecule has 5 heteroatoms. The molecule has 2 aromatic carbocycles. The summed E-state index contributed by atoms with van der Waals surface area (Å²) < 4.78 is 11.6. The molecule has 0 saturated carbocycles. The normalized spacial score (nSPS) is 22.3. The van der Waals surface area contributed by atoms with Crippen molar-refractivity contribution < 1.29 is 19.2 Å². The predicted octanol–water partition coefficient (Wildman–Crippen LogP) is 2.45. The van der Waals surface area contributed by atoms with Crippen molar-refractivity contribution in [1.82, 2.24) is 5.32 Å². The quantitative estimate of drug-likeness (QED) is 0.837. The minimum atomic E-state index is 0.0206. The molecule has 148 valence electrons. The molecule has 0 aromatic heterocycles. The van der Waals surface area contributed by atoms with Crippen molar-refractivity contribution in [2.45, 2.75) is 38.3 Å². The third kappa shape index (κ3) is 4.30. The molecule has 1 fully saturated rings. The molecular weight excluding hydrogens is 352 g/mol. The van der Waals surface area contributed by atoms with Gasteiger partial charge in [-0.25, -0.2) is 0 Å². The molecule has 0 aliphatic carbocycles. The van der Waals surface area contributed by atoms with Crippen LogP contribution in [0.25, 0.3) is 0 Å². The van der Waals surface area contributed by atoms with Gasteiger partial charge in [0.1, 0.15) is 6.04 Å². The van der Waals surface area contributed by atoms with E-state index < -0.39 is 0 Å². The molecule has 2 aliphatic rings. The van der Waals surface area contributed by atoms with Crippen LogP contribution in [-0.2, 0) is 4.79 Å². The van der Waals surface area contributed by atoms with Gasteiger partial charge in [-0.3, -0.25) is 4.79 Å². The number of quaternary nitrogens is 1. The van der Waals surface area contributed by atoms with Crippen molar-refractivity contribution in [2.24, 2.45) is 0 Å². The molecule has 5 nitrogen and oxygen atoms in total. The lowest BCUT2D eigenvalue weighted by Crippen LogP contribution is -3.11. The van der Waals surface area contributed by atoms with Crippen LogP contribution in [0, 0.1) is 0 Å². The summed E-state index contributed by atoms with van der Waals surface area (Å²) in [5.74, 6) is 1.77. The summed E-state index contributed by atoms with van der Waals surface area (Å²) in [4.78, 5) is 14.0. The number of amides is 1. The van der Waals surface area contributed by atoms with Gasteiger partial charge in [0.15, 0.2) is 18.0 Å². The van der Waals surface area contributed by atoms with Crippen molar-refractivity contribution in [3.8, 4) is 11.5 Å². The minimum Gasteiger partial charge on any atom is -0.490 e. The monoisotopic (exact) mass is 381 g/mol. The van der Waals surface area contributed by atoms with Crippen LogP contribution in [0.5, 0.6) is 11.5 Å². The van der Waals surface area contributed by atoms with Gasteiger partial charge >= 0.3 is 0 Å². The highest BCUT2D eigenvalue weighted by molar-refractivity contribution is 5.77. The molecule has 4 rings (SSSR count). The third-order valence-corrected chi connectivity index (χ3v) is 5.72. The fraction of sp³-hybridized carbons (Fsp3) is 0.435. The highest BCUT2D eigenvalue weighted by atomic mass is 16.5. The van der Waals surface area contributed by atoms with Crippen LogP contribution in [0.4, 0.5) is 0 Å². The molecule has 3 atom stereocenters. The van der Waals surface area contributed by atoms with Crippen LogP contribution in [0.2, 0.25) is 0 Å². The Morgan fingerprint density at radius 2 is 1.89 bits per heavy atom. The lowest BCUT2D eigenvalue weighted by atomic mass is 10.0. The van der Waals surface area contributed by atoms with E-state index in [2.05, 4.69) is 17.4 Å². The lowest BCUT2D eigenvalue weighted by Gasteiger charge is -2.23. The molecule has 0 spiro atoms. The van der Waals surface area contributed by atoms with Gasteiger partial charge in [0, 0.05) is 24.8 Å². The first-order valence-corrected chi connectivity index (χ1v) is 10.3. The van der Waals surface area contributed by atoms with Gasteiger partial charge in [0.2, 0.25) is 0 Å². The van der Waals surface area contributed by atoms with Gasteiger partial charge in [-0.05, 0) is 30.7 Å². The second-order valence-corrected chi connectivity index (χ2v) is 7.74. The zero-order valence-electron chi connectivity index (χ0n) is 16.4. The Bertz CT molecular complexity index is 809. The fourth-order valence-electron chi connectivity index (χ4n) is 4.25. The predicted molar refractivity (Wildman–Crippen MR) is 108 cm³/mol. The zero-order chi connectivity index (χ0) is 19.3. The second kappa shape index (κ2) is 8.65. The number of carbonyl (C=O) groups is 1. The van der Waals surface area contributed by atoms with E-state index in [1.807, 2.05) is 43.3 Å². The third-order valence-electron chi connectivity index (χ3n) is 5.72. The van der Waals surface area contributed by atoms with Gasteiger partial charge in [-0.1, -0.05) is 30.3 Å². The Morgan fingerprint density at radius 3 is 2.71 bits per heavy atom. The maximum Gasteiger partial charge on any atom is 0.275 e. The van der Waals surface area contributed by atoms with Gasteiger partial charge < -0.3 is 19.7 Å². The van der Waals surface area contributed by atoms with Gasteiger partial charge in [-0.2, -0.15) is 0 Å². The average Bonchev–Trinajstić information content (AvgIpc) is 3.03. The van der Waals surface area contributed by atoms with Gasteiger partial charge in [-0.15, -0.1) is 0 Å². The summed E-state index contributed by atoms with van der Waals surface area (Å²) >= 11 is 0. The van der Waals surface area contributed by atoms with Gasteiger partial charge in [0.05, 0.1) is 25.8 Å². The summed E-state index contributed by atoms with van der Waals surface area (Å²) in [6.45, 7) is 4.95. The van der Waals surface area contributed by atoms with E-state index in [1.165, 1.54) is 10.5 Å². The standard InChI is InChI=1S/C23H28N2O3/c1-17(18-7-3-2-4-8-18)24-23(26)16-25-12-5-9-20(25)19-10-11-21-22(15-19)28-14-6-13-27-21/h2-4,7-8,10-11,15,17,20H,5-6,9,12-14,16H2,1H3,(H,24,26)/p+1/t17-,20+/m0/s1. The van der Waals surface area contributed by atoms with E-state index in [1.54, 1.807) is 0 Å². The highest BCUT2D eigenvalue weighted by Gasteiger charge is 2.32. The van der Waals surface area contributed by atoms with Crippen LogP contribution in [0.1, 0.15) is 49.4 Å². The first-order valence-electron chi connectivity index (χ1n) is 10.3. The minimum absolute atomic E-state index is 0.0206. The number of hydrogen-bond donors (Lipinski definition) is 2. The zero-order valence-corrected chi connectivity index (χ0v) is 16.4. The number of nitrogens with one attached hydrogen (secondary N) is 2. The molecule has 1 unspecified atom stereocenters. The number of fused-ring (bicyclic) bond motifs is 1. The van der Waals surface area contributed by atoms with E-state index in [-0.39, 0.29) is 11.9 Å². The molecule has 1 saturated heterocycles. The largest absolute Gasteiger partial charge is 0.490 e. The number of hydrogen-bond acceptors (Lipinski definition) is 3. The molecular formula is C23H29N2O3+. The molecule has 28 heavy (non-hydrogen) atoms. The number of likely N-dealkylation sites (tertiary alicyclic amines) is 1. The summed E-state index contributed by atoms with van der Waals surface area (Å²) in [5, 5.41) is 3.15. The van der Waals surface area contributed by atoms with E-state index >= 15 is 0 Å². The molecule has 2 N–H and O–H groups in total. The van der Waals surface area contributed by atoms with Crippen molar-refractivity contribution in [2.75, 3.05) is 26.3 Å². The first kappa shape index (κ1) is 18.8. The number of benzene rings is 2. The second-order valence-electron chi connectivity index (χ2n) is 7.74. The molecule has 0 bridgehead atoms. The number of carbonyl (C=O) groups excluding carboxylic acids is 1. The van der Waals surface area contributed by atoms with Crippen LogP contribution in [0.3, 0.4) is 0 Å². The summed E-state index contributed by atoms with van der Waals surface area (Å²) in [6, 6.07) is 16.7. The Kier molecular flexibility index (Phi) is 5.81. The highest BCUT2D eigenvalue weighted by Crippen LogP contribution is 2.33. The lowest BCUT2D eigenvalue weighted by molar-refractivity contribution is -0.910. The first-order chi connectivity index (χ1) is 13.7. The maximum absolute atomic E-state index is 12.7. The van der Waals surface area contributed by atoms with Gasteiger partial charge in [0.25, 0.3) is 5.91 Å². The Balaban J connectivity index is 1.41. The van der Waals surface area contributed by atoms with Crippen molar-refractivity contribution >= 4 is 5.91 Å². The molecule has 2 aromatic rings.